The van der Waals surface area contributed by atoms with Crippen molar-refractivity contribution < 1.29 is 22.3 Å². The molecule has 0 saturated heterocycles. The second kappa shape index (κ2) is 28.4. The highest BCUT2D eigenvalue weighted by atomic mass is 19.4. The molecule has 2 atom stereocenters. The number of likely N-dealkylation sites (N-methyl/N-ethyl adjacent to an activating group) is 1. The zero-order valence-corrected chi connectivity index (χ0v) is 29.5. The predicted octanol–water partition coefficient (Wildman–Crippen LogP) is 11.6. The number of ether oxygens (including phenoxy) is 1. The summed E-state index contributed by atoms with van der Waals surface area (Å²) in [4.78, 5) is 0. The monoisotopic (exact) mass is 655 g/mol. The van der Waals surface area contributed by atoms with Crippen LogP contribution in [-0.4, -0.2) is 26.9 Å². The molecule has 1 N–H and O–H groups in total. The number of allylic oxidation sites excluding steroid dienone is 8. The molecule has 3 rings (SSSR count). The van der Waals surface area contributed by atoms with E-state index in [1.807, 2.05) is 59.0 Å². The van der Waals surface area contributed by atoms with Gasteiger partial charge in [-0.05, 0) is 85.6 Å². The number of hydrogen-bond acceptors (Lipinski definition) is 2. The molecule has 0 aromatic heterocycles. The second-order valence-corrected chi connectivity index (χ2v) is 10.1. The van der Waals surface area contributed by atoms with Gasteiger partial charge in [0, 0.05) is 32.4 Å². The Morgan fingerprint density at radius 1 is 0.915 bits per heavy atom. The number of hydrogen-bond donors (Lipinski definition) is 1. The smallest absolute Gasteiger partial charge is 0.388 e. The van der Waals surface area contributed by atoms with Crippen molar-refractivity contribution in [1.29, 1.82) is 0 Å². The molecular weight excluding hydrogens is 598 g/mol. The Labute approximate surface area is 283 Å². The van der Waals surface area contributed by atoms with Crippen LogP contribution in [0.4, 0.5) is 17.6 Å². The van der Waals surface area contributed by atoms with Gasteiger partial charge in [-0.1, -0.05) is 107 Å². The molecule has 0 spiro atoms. The summed E-state index contributed by atoms with van der Waals surface area (Å²) in [6, 6.07) is 11.9. The summed E-state index contributed by atoms with van der Waals surface area (Å²) in [5.41, 5.74) is 4.91. The number of methoxy groups -OCH3 is 1. The van der Waals surface area contributed by atoms with E-state index < -0.39 is 17.9 Å². The summed E-state index contributed by atoms with van der Waals surface area (Å²) >= 11 is 0. The average molecular weight is 656 g/mol. The van der Waals surface area contributed by atoms with Crippen LogP contribution in [0.1, 0.15) is 87.6 Å². The van der Waals surface area contributed by atoms with E-state index in [0.29, 0.717) is 0 Å². The maximum absolute atomic E-state index is 14.7. The van der Waals surface area contributed by atoms with Crippen LogP contribution >= 0.6 is 0 Å². The number of halogens is 4. The molecule has 1 aliphatic rings. The Balaban J connectivity index is 0. The summed E-state index contributed by atoms with van der Waals surface area (Å²) in [5, 5.41) is 3.02. The lowest BCUT2D eigenvalue weighted by molar-refractivity contribution is -0.137. The fourth-order valence-corrected chi connectivity index (χ4v) is 4.34. The van der Waals surface area contributed by atoms with E-state index in [2.05, 4.69) is 66.8 Å². The normalized spacial score (nSPS) is 15.0. The summed E-state index contributed by atoms with van der Waals surface area (Å²) in [7, 11) is 3.50. The van der Waals surface area contributed by atoms with E-state index in [9.17, 15) is 17.6 Å². The van der Waals surface area contributed by atoms with Crippen molar-refractivity contribution in [3.05, 3.63) is 131 Å². The lowest BCUT2D eigenvalue weighted by atomic mass is 9.87. The number of unbranched alkanes of at least 4 members (excludes halogenated alkanes) is 1. The molecule has 2 aromatic carbocycles. The minimum absolute atomic E-state index is 0.193. The molecule has 0 radical (unpaired) electrons. The molecule has 6 heteroatoms. The first-order valence-electron chi connectivity index (χ1n) is 16.4. The van der Waals surface area contributed by atoms with Crippen molar-refractivity contribution in [2.24, 2.45) is 0 Å². The third-order valence-corrected chi connectivity index (χ3v) is 6.76. The first kappa shape index (κ1) is 45.3. The molecule has 0 saturated carbocycles. The quantitative estimate of drug-likeness (QED) is 0.106. The number of terminal acetylenes is 1. The number of alkyl halides is 4. The van der Waals surface area contributed by atoms with Gasteiger partial charge in [0.2, 0.25) is 0 Å². The van der Waals surface area contributed by atoms with Crippen LogP contribution in [0.5, 0.6) is 0 Å². The van der Waals surface area contributed by atoms with E-state index in [1.54, 1.807) is 19.3 Å². The Bertz CT molecular complexity index is 1220. The van der Waals surface area contributed by atoms with Gasteiger partial charge in [-0.3, -0.25) is 0 Å². The van der Waals surface area contributed by atoms with Crippen molar-refractivity contribution in [3.8, 4) is 12.8 Å². The van der Waals surface area contributed by atoms with E-state index in [-0.39, 0.29) is 5.92 Å². The zero-order valence-electron chi connectivity index (χ0n) is 29.5. The average Bonchev–Trinajstić information content (AvgIpc) is 3.09. The second-order valence-electron chi connectivity index (χ2n) is 10.1. The van der Waals surface area contributed by atoms with Crippen LogP contribution in [-0.2, 0) is 30.2 Å². The van der Waals surface area contributed by atoms with Gasteiger partial charge >= 0.3 is 6.18 Å². The van der Waals surface area contributed by atoms with Crippen molar-refractivity contribution >= 4 is 0 Å². The van der Waals surface area contributed by atoms with E-state index in [0.717, 1.165) is 74.1 Å². The van der Waals surface area contributed by atoms with Gasteiger partial charge < -0.3 is 10.1 Å². The molecule has 2 aromatic rings. The Morgan fingerprint density at radius 2 is 1.51 bits per heavy atom. The molecule has 260 valence electrons. The molecule has 1 aliphatic carbocycles. The zero-order chi connectivity index (χ0) is 36.1. The summed E-state index contributed by atoms with van der Waals surface area (Å²) in [6.07, 6.45) is 24.4. The molecule has 0 aliphatic heterocycles. The highest BCUT2D eigenvalue weighted by Crippen LogP contribution is 2.31. The van der Waals surface area contributed by atoms with Crippen LogP contribution < -0.4 is 5.32 Å². The highest BCUT2D eigenvalue weighted by Gasteiger charge is 2.29. The van der Waals surface area contributed by atoms with Crippen LogP contribution in [0.2, 0.25) is 0 Å². The molecule has 0 bridgehead atoms. The Morgan fingerprint density at radius 3 is 1.98 bits per heavy atom. The first-order chi connectivity index (χ1) is 22.6. The Hall–Kier alpha value is -3.82. The van der Waals surface area contributed by atoms with Crippen molar-refractivity contribution in [1.82, 2.24) is 5.32 Å². The van der Waals surface area contributed by atoms with Crippen LogP contribution in [0.25, 0.3) is 0 Å². The molecule has 0 amide bonds. The molecule has 47 heavy (non-hydrogen) atoms. The summed E-state index contributed by atoms with van der Waals surface area (Å²) in [5.74, 6) is -0.193. The minimum atomic E-state index is -4.22. The predicted molar refractivity (Wildman–Crippen MR) is 195 cm³/mol. The molecular formula is C41H57F4NO. The van der Waals surface area contributed by atoms with E-state index in [1.165, 1.54) is 23.3 Å². The third kappa shape index (κ3) is 20.1. The van der Waals surface area contributed by atoms with Gasteiger partial charge in [-0.2, -0.15) is 13.2 Å². The number of aryl methyl sites for hydroxylation is 3. The SMILES string of the molecule is C#C.C=C/C=C\C=C\CCCc1cc(CCC)cc(C2C=CC(NC)=CC2F)c1.CC.CCOC.CCc1ccc(C(F)(F)F)cc1. The van der Waals surface area contributed by atoms with Crippen molar-refractivity contribution in [2.75, 3.05) is 20.8 Å². The van der Waals surface area contributed by atoms with Gasteiger partial charge in [-0.25, -0.2) is 4.39 Å². The highest BCUT2D eigenvalue weighted by molar-refractivity contribution is 5.39. The number of nitrogens with one attached hydrogen (secondary N) is 1. The van der Waals surface area contributed by atoms with Crippen molar-refractivity contribution in [3.63, 3.8) is 0 Å². The van der Waals surface area contributed by atoms with Gasteiger partial charge in [0.15, 0.2) is 0 Å². The number of benzene rings is 2. The van der Waals surface area contributed by atoms with Gasteiger partial charge in [0.05, 0.1) is 5.56 Å². The Kier molecular flexibility index (Phi) is 27.4. The van der Waals surface area contributed by atoms with Gasteiger partial charge in [0.25, 0.3) is 0 Å². The van der Waals surface area contributed by atoms with Crippen LogP contribution in [0.3, 0.4) is 0 Å². The fourth-order valence-electron chi connectivity index (χ4n) is 4.34. The standard InChI is InChI=1S/C25H32FN.C9H9F3.C3H8O.C2H6.C2H2/c1-4-6-7-8-9-10-11-13-21-16-20(12-5-2)17-22(18-21)24-15-14-23(27-3)19-25(24)26;1-2-7-3-5-8(6-4-7)9(10,11)12;1-3-4-2;2*1-2/h4,6-9,14-19,24-25,27H,1,5,10-13H2,2-3H3;3-6H,2H2,1H3;3H2,1-2H3;1-2H3;1-2H/b7-6-,9-8+;;;;. The maximum atomic E-state index is 14.7. The van der Waals surface area contributed by atoms with E-state index in [4.69, 9.17) is 0 Å². The molecule has 2 nitrogen and oxygen atoms in total. The minimum Gasteiger partial charge on any atom is -0.388 e. The van der Waals surface area contributed by atoms with Crippen molar-refractivity contribution in [2.45, 2.75) is 91.4 Å². The first-order valence-corrected chi connectivity index (χ1v) is 16.4. The third-order valence-electron chi connectivity index (χ3n) is 6.76. The maximum Gasteiger partial charge on any atom is 0.416 e. The summed E-state index contributed by atoms with van der Waals surface area (Å²) < 4.78 is 55.3. The fraction of sp³-hybridized carbons (Fsp3) is 0.415. The molecule has 0 heterocycles. The summed E-state index contributed by atoms with van der Waals surface area (Å²) in [6.45, 7) is 14.5. The lowest BCUT2D eigenvalue weighted by Gasteiger charge is -2.22. The molecule has 2 unspecified atom stereocenters. The van der Waals surface area contributed by atoms with Crippen LogP contribution in [0, 0.1) is 12.8 Å². The topological polar surface area (TPSA) is 21.3 Å². The van der Waals surface area contributed by atoms with E-state index >= 15 is 0 Å². The lowest BCUT2D eigenvalue weighted by Crippen LogP contribution is -2.18. The number of rotatable bonds is 12. The molecule has 0 fully saturated rings. The van der Waals surface area contributed by atoms with Gasteiger partial charge in [0.1, 0.15) is 6.17 Å². The largest absolute Gasteiger partial charge is 0.416 e. The van der Waals surface area contributed by atoms with Gasteiger partial charge in [-0.15, -0.1) is 12.8 Å². The van der Waals surface area contributed by atoms with Crippen LogP contribution in [0.15, 0.2) is 103 Å².